The first-order chi connectivity index (χ1) is 22.1. The molecule has 1 aliphatic heterocycles. The summed E-state index contributed by atoms with van der Waals surface area (Å²) >= 11 is 0. The quantitative estimate of drug-likeness (QED) is 0.180. The van der Waals surface area contributed by atoms with E-state index in [1.807, 2.05) is 75.5 Å². The highest BCUT2D eigenvalue weighted by Gasteiger charge is 2.23. The number of hydrogen-bond donors (Lipinski definition) is 3. The maximum Gasteiger partial charge on any atom is 0.323 e. The minimum absolute atomic E-state index is 0.179. The number of nitrogens with one attached hydrogen (secondary N) is 3. The number of rotatable bonds is 8. The van der Waals surface area contributed by atoms with Gasteiger partial charge in [-0.05, 0) is 46.2 Å². The number of anilines is 4. The van der Waals surface area contributed by atoms with E-state index in [1.54, 1.807) is 0 Å². The molecular weight excluding hydrogens is 582 g/mol. The van der Waals surface area contributed by atoms with Crippen molar-refractivity contribution in [2.45, 2.75) is 32.7 Å². The van der Waals surface area contributed by atoms with Crippen molar-refractivity contribution >= 4 is 39.6 Å². The van der Waals surface area contributed by atoms with Gasteiger partial charge in [-0.25, -0.2) is 4.79 Å². The standard InChI is InChI=1S/C36H37N5O5/c1-36(2,3)23-17-30(38-29-19-32(42)33(29)43)34(45-4)31(18-23)40-35(44)39-28-12-11-25(26-7-5-6-8-27(26)28)22-9-10-24(37-20-22)21-41-13-15-46-16-14-41/h5-12,17-20,38H,13-16,21H2,1-4H3,(H2,39,40,44). The number of aromatic nitrogens is 1. The first-order valence-corrected chi connectivity index (χ1v) is 15.3. The molecule has 2 amide bonds. The molecule has 0 unspecified atom stereocenters. The third kappa shape index (κ3) is 6.49. The molecular formula is C36H37N5O5. The highest BCUT2D eigenvalue weighted by atomic mass is 16.5. The average Bonchev–Trinajstić information content (AvgIpc) is 3.05. The van der Waals surface area contributed by atoms with Gasteiger partial charge in [0.2, 0.25) is 10.9 Å². The normalized spacial score (nSPS) is 13.9. The SMILES string of the molecule is COc1c(NC(=O)Nc2ccc(-c3ccc(CN4CCOCC4)nc3)c3ccccc23)cc(C(C)(C)C)cc1Nc1cc(=O)c1=O. The van der Waals surface area contributed by atoms with Crippen molar-refractivity contribution in [1.29, 1.82) is 0 Å². The van der Waals surface area contributed by atoms with Crippen molar-refractivity contribution in [2.75, 3.05) is 49.4 Å². The van der Waals surface area contributed by atoms with Crippen LogP contribution in [0.1, 0.15) is 32.0 Å². The van der Waals surface area contributed by atoms with E-state index in [-0.39, 0.29) is 11.1 Å². The van der Waals surface area contributed by atoms with Gasteiger partial charge in [-0.15, -0.1) is 0 Å². The lowest BCUT2D eigenvalue weighted by molar-refractivity contribution is 0.0336. The number of morpholine rings is 1. The molecule has 6 rings (SSSR count). The van der Waals surface area contributed by atoms with Crippen LogP contribution in [0.2, 0.25) is 0 Å². The second kappa shape index (κ2) is 12.7. The Balaban J connectivity index is 1.25. The molecule has 1 aromatic heterocycles. The van der Waals surface area contributed by atoms with E-state index in [0.717, 1.165) is 66.0 Å². The van der Waals surface area contributed by atoms with Crippen LogP contribution in [0.3, 0.4) is 0 Å². The van der Waals surface area contributed by atoms with E-state index in [4.69, 9.17) is 14.5 Å². The number of nitrogens with zero attached hydrogens (tertiary/aromatic N) is 2. The summed E-state index contributed by atoms with van der Waals surface area (Å²) in [6.07, 6.45) is 1.90. The molecule has 0 radical (unpaired) electrons. The molecule has 1 aliphatic rings. The van der Waals surface area contributed by atoms with Crippen molar-refractivity contribution in [3.63, 3.8) is 0 Å². The Labute approximate surface area is 267 Å². The summed E-state index contributed by atoms with van der Waals surface area (Å²) in [4.78, 5) is 44.1. The number of urea groups is 1. The Morgan fingerprint density at radius 2 is 1.61 bits per heavy atom. The van der Waals surface area contributed by atoms with Gasteiger partial charge in [0.05, 0.1) is 48.8 Å². The van der Waals surface area contributed by atoms with Crippen molar-refractivity contribution in [1.82, 2.24) is 9.88 Å². The number of methoxy groups -OCH3 is 1. The maximum absolute atomic E-state index is 13.5. The number of fused-ring (bicyclic) bond motifs is 1. The zero-order chi connectivity index (χ0) is 32.4. The molecule has 0 bridgehead atoms. The summed E-state index contributed by atoms with van der Waals surface area (Å²) in [6, 6.07) is 20.4. The number of amides is 2. The molecule has 3 N–H and O–H groups in total. The third-order valence-electron chi connectivity index (χ3n) is 8.22. The highest BCUT2D eigenvalue weighted by Crippen LogP contribution is 2.40. The van der Waals surface area contributed by atoms with E-state index in [9.17, 15) is 14.4 Å². The topological polar surface area (TPSA) is 122 Å². The molecule has 0 aliphatic carbocycles. The fourth-order valence-electron chi connectivity index (χ4n) is 5.62. The van der Waals surface area contributed by atoms with Crippen molar-refractivity contribution in [3.8, 4) is 16.9 Å². The molecule has 0 spiro atoms. The summed E-state index contributed by atoms with van der Waals surface area (Å²) in [5, 5.41) is 10.8. The summed E-state index contributed by atoms with van der Waals surface area (Å²) in [5.74, 6) is 0.334. The van der Waals surface area contributed by atoms with Crippen LogP contribution in [-0.2, 0) is 16.7 Å². The lowest BCUT2D eigenvalue weighted by atomic mass is 9.86. The summed E-state index contributed by atoms with van der Waals surface area (Å²) in [6.45, 7) is 10.2. The van der Waals surface area contributed by atoms with Crippen LogP contribution < -0.4 is 31.5 Å². The smallest absolute Gasteiger partial charge is 0.323 e. The van der Waals surface area contributed by atoms with Crippen LogP contribution in [-0.4, -0.2) is 49.3 Å². The molecule has 1 fully saturated rings. The van der Waals surface area contributed by atoms with Gasteiger partial charge in [0, 0.05) is 42.8 Å². The minimum Gasteiger partial charge on any atom is -0.492 e. The molecule has 5 aromatic rings. The number of carbonyl (C=O) groups excluding carboxylic acids is 1. The Bertz CT molecular complexity index is 1970. The Morgan fingerprint density at radius 3 is 2.26 bits per heavy atom. The Morgan fingerprint density at radius 1 is 0.891 bits per heavy atom. The monoisotopic (exact) mass is 619 g/mol. The number of benzene rings is 3. The van der Waals surface area contributed by atoms with E-state index in [1.165, 1.54) is 13.2 Å². The molecule has 46 heavy (non-hydrogen) atoms. The van der Waals surface area contributed by atoms with Crippen LogP contribution in [0.4, 0.5) is 27.5 Å². The predicted molar refractivity (Wildman–Crippen MR) is 182 cm³/mol. The van der Waals surface area contributed by atoms with Gasteiger partial charge in [-0.2, -0.15) is 0 Å². The van der Waals surface area contributed by atoms with Crippen LogP contribution in [0.15, 0.2) is 82.5 Å². The molecule has 0 atom stereocenters. The van der Waals surface area contributed by atoms with Gasteiger partial charge in [0.25, 0.3) is 0 Å². The molecule has 2 heterocycles. The number of pyridine rings is 1. The number of ether oxygens (including phenoxy) is 2. The number of carbonyl (C=O) groups is 1. The number of hydrogen-bond acceptors (Lipinski definition) is 8. The van der Waals surface area contributed by atoms with Crippen LogP contribution in [0.25, 0.3) is 21.9 Å². The Kier molecular flexibility index (Phi) is 8.57. The van der Waals surface area contributed by atoms with Gasteiger partial charge in [-0.3, -0.25) is 19.5 Å². The second-order valence-electron chi connectivity index (χ2n) is 12.4. The fraction of sp³-hybridized carbons (Fsp3) is 0.278. The van der Waals surface area contributed by atoms with Crippen LogP contribution in [0, 0.1) is 0 Å². The summed E-state index contributed by atoms with van der Waals surface area (Å²) in [5.41, 5.74) is 4.18. The molecule has 4 aromatic carbocycles. The fourth-order valence-corrected chi connectivity index (χ4v) is 5.62. The lowest BCUT2D eigenvalue weighted by Crippen LogP contribution is -2.35. The van der Waals surface area contributed by atoms with Gasteiger partial charge < -0.3 is 25.4 Å². The zero-order valence-corrected chi connectivity index (χ0v) is 26.4. The van der Waals surface area contributed by atoms with Crippen molar-refractivity contribution < 1.29 is 14.3 Å². The Hall–Kier alpha value is -5.06. The molecule has 10 nitrogen and oxygen atoms in total. The van der Waals surface area contributed by atoms with Gasteiger partial charge >= 0.3 is 6.03 Å². The van der Waals surface area contributed by atoms with Crippen molar-refractivity contribution in [3.05, 3.63) is 105 Å². The van der Waals surface area contributed by atoms with Crippen LogP contribution in [0.5, 0.6) is 5.75 Å². The van der Waals surface area contributed by atoms with Crippen LogP contribution >= 0.6 is 0 Å². The van der Waals surface area contributed by atoms with E-state index >= 15 is 0 Å². The average molecular weight is 620 g/mol. The van der Waals surface area contributed by atoms with Crippen molar-refractivity contribution in [2.24, 2.45) is 0 Å². The first-order valence-electron chi connectivity index (χ1n) is 15.3. The molecule has 1 saturated heterocycles. The second-order valence-corrected chi connectivity index (χ2v) is 12.4. The van der Waals surface area contributed by atoms with Gasteiger partial charge in [0.15, 0.2) is 5.75 Å². The van der Waals surface area contributed by atoms with E-state index in [0.29, 0.717) is 22.8 Å². The lowest BCUT2D eigenvalue weighted by Gasteiger charge is -2.26. The summed E-state index contributed by atoms with van der Waals surface area (Å²) in [7, 11) is 1.48. The minimum atomic E-state index is -0.592. The predicted octanol–water partition coefficient (Wildman–Crippen LogP) is 6.02. The molecule has 0 saturated carbocycles. The van der Waals surface area contributed by atoms with E-state index in [2.05, 4.69) is 33.0 Å². The van der Waals surface area contributed by atoms with E-state index < -0.39 is 16.9 Å². The van der Waals surface area contributed by atoms with Gasteiger partial charge in [-0.1, -0.05) is 57.2 Å². The largest absolute Gasteiger partial charge is 0.492 e. The molecule has 236 valence electrons. The highest BCUT2D eigenvalue weighted by molar-refractivity contribution is 6.10. The maximum atomic E-state index is 13.5. The zero-order valence-electron chi connectivity index (χ0n) is 26.4. The van der Waals surface area contributed by atoms with Gasteiger partial charge in [0.1, 0.15) is 0 Å². The third-order valence-corrected chi connectivity index (χ3v) is 8.22. The summed E-state index contributed by atoms with van der Waals surface area (Å²) < 4.78 is 11.1. The first kappa shape index (κ1) is 30.9. The molecule has 10 heteroatoms.